The first-order valence-electron chi connectivity index (χ1n) is 6.07. The lowest BCUT2D eigenvalue weighted by atomic mass is 10.2. The monoisotopic (exact) mass is 274 g/mol. The van der Waals surface area contributed by atoms with Gasteiger partial charge in [-0.25, -0.2) is 4.98 Å². The SMILES string of the molecule is C[C@H](Cn1ccnc1)NC(=O)c1ccc([N+](=O)[O-])cc1. The zero-order valence-corrected chi connectivity index (χ0v) is 10.9. The highest BCUT2D eigenvalue weighted by Gasteiger charge is 2.12. The molecule has 2 rings (SSSR count). The predicted octanol–water partition coefficient (Wildman–Crippen LogP) is 1.61. The van der Waals surface area contributed by atoms with Gasteiger partial charge in [-0.3, -0.25) is 14.9 Å². The fourth-order valence-corrected chi connectivity index (χ4v) is 1.80. The average Bonchev–Trinajstić information content (AvgIpc) is 2.91. The second kappa shape index (κ2) is 5.96. The molecule has 1 N–H and O–H groups in total. The molecule has 0 saturated heterocycles. The number of nitrogens with one attached hydrogen (secondary N) is 1. The van der Waals surface area contributed by atoms with Gasteiger partial charge < -0.3 is 9.88 Å². The number of amides is 1. The first-order chi connectivity index (χ1) is 9.56. The van der Waals surface area contributed by atoms with Crippen molar-refractivity contribution in [3.05, 3.63) is 58.7 Å². The van der Waals surface area contributed by atoms with Crippen molar-refractivity contribution < 1.29 is 9.72 Å². The third kappa shape index (κ3) is 3.41. The molecule has 1 aromatic carbocycles. The van der Waals surface area contributed by atoms with Gasteiger partial charge in [0.25, 0.3) is 11.6 Å². The Balaban J connectivity index is 1.95. The number of nitro groups is 1. The molecule has 1 aromatic heterocycles. The summed E-state index contributed by atoms with van der Waals surface area (Å²) in [6, 6.07) is 5.44. The van der Waals surface area contributed by atoms with Crippen LogP contribution in [0.5, 0.6) is 0 Å². The van der Waals surface area contributed by atoms with Crippen LogP contribution in [-0.2, 0) is 6.54 Å². The molecule has 0 radical (unpaired) electrons. The number of benzene rings is 1. The number of non-ortho nitro benzene ring substituents is 1. The Hall–Kier alpha value is -2.70. The molecule has 1 amide bonds. The van der Waals surface area contributed by atoms with Crippen molar-refractivity contribution in [2.75, 3.05) is 0 Å². The van der Waals surface area contributed by atoms with E-state index < -0.39 is 4.92 Å². The third-order valence-electron chi connectivity index (χ3n) is 2.76. The number of hydrogen-bond acceptors (Lipinski definition) is 4. The smallest absolute Gasteiger partial charge is 0.269 e. The normalized spacial score (nSPS) is 11.8. The zero-order chi connectivity index (χ0) is 14.5. The van der Waals surface area contributed by atoms with Crippen LogP contribution in [0.1, 0.15) is 17.3 Å². The number of hydrogen-bond donors (Lipinski definition) is 1. The van der Waals surface area contributed by atoms with Crippen molar-refractivity contribution in [3.8, 4) is 0 Å². The summed E-state index contributed by atoms with van der Waals surface area (Å²) in [5.74, 6) is -0.257. The molecular formula is C13H14N4O3. The highest BCUT2D eigenvalue weighted by Crippen LogP contribution is 2.11. The third-order valence-corrected chi connectivity index (χ3v) is 2.76. The summed E-state index contributed by atoms with van der Waals surface area (Å²) in [7, 11) is 0. The van der Waals surface area contributed by atoms with Crippen LogP contribution in [0.3, 0.4) is 0 Å². The molecule has 7 heteroatoms. The van der Waals surface area contributed by atoms with Crippen molar-refractivity contribution >= 4 is 11.6 Å². The molecule has 1 heterocycles. The van der Waals surface area contributed by atoms with Crippen LogP contribution < -0.4 is 5.32 Å². The van der Waals surface area contributed by atoms with Crippen molar-refractivity contribution in [1.29, 1.82) is 0 Å². The Morgan fingerprint density at radius 1 is 1.45 bits per heavy atom. The molecular weight excluding hydrogens is 260 g/mol. The van der Waals surface area contributed by atoms with Gasteiger partial charge in [0.2, 0.25) is 0 Å². The van der Waals surface area contributed by atoms with Crippen LogP contribution in [0, 0.1) is 10.1 Å². The predicted molar refractivity (Wildman–Crippen MR) is 72.3 cm³/mol. The summed E-state index contributed by atoms with van der Waals surface area (Å²) in [4.78, 5) is 25.9. The lowest BCUT2D eigenvalue weighted by Gasteiger charge is -2.14. The zero-order valence-electron chi connectivity index (χ0n) is 10.9. The van der Waals surface area contributed by atoms with Crippen molar-refractivity contribution in [1.82, 2.24) is 14.9 Å². The molecule has 0 bridgehead atoms. The van der Waals surface area contributed by atoms with Gasteiger partial charge in [-0.2, -0.15) is 0 Å². The fraction of sp³-hybridized carbons (Fsp3) is 0.231. The van der Waals surface area contributed by atoms with Crippen LogP contribution in [0.4, 0.5) is 5.69 Å². The van der Waals surface area contributed by atoms with E-state index in [2.05, 4.69) is 10.3 Å². The minimum Gasteiger partial charge on any atom is -0.348 e. The van der Waals surface area contributed by atoms with Gasteiger partial charge in [0, 0.05) is 42.7 Å². The summed E-state index contributed by atoms with van der Waals surface area (Å²) in [6.45, 7) is 2.49. The van der Waals surface area contributed by atoms with Crippen LogP contribution in [0.25, 0.3) is 0 Å². The van der Waals surface area contributed by atoms with Gasteiger partial charge in [-0.05, 0) is 19.1 Å². The topological polar surface area (TPSA) is 90.1 Å². The van der Waals surface area contributed by atoms with Crippen molar-refractivity contribution in [3.63, 3.8) is 0 Å². The Morgan fingerprint density at radius 2 is 2.15 bits per heavy atom. The quantitative estimate of drug-likeness (QED) is 0.662. The van der Waals surface area contributed by atoms with Gasteiger partial charge in [-0.1, -0.05) is 0 Å². The summed E-state index contributed by atoms with van der Waals surface area (Å²) in [5, 5.41) is 13.4. The average molecular weight is 274 g/mol. The van der Waals surface area contributed by atoms with Gasteiger partial charge >= 0.3 is 0 Å². The second-order valence-corrected chi connectivity index (χ2v) is 4.44. The highest BCUT2D eigenvalue weighted by molar-refractivity contribution is 5.94. The van der Waals surface area contributed by atoms with E-state index in [-0.39, 0.29) is 17.6 Å². The maximum Gasteiger partial charge on any atom is 0.269 e. The number of carbonyl (C=O) groups excluding carboxylic acids is 1. The first-order valence-corrected chi connectivity index (χ1v) is 6.07. The van der Waals surface area contributed by atoms with Gasteiger partial charge in [0.1, 0.15) is 0 Å². The van der Waals surface area contributed by atoms with Crippen LogP contribution in [0.15, 0.2) is 43.0 Å². The maximum atomic E-state index is 12.0. The van der Waals surface area contributed by atoms with E-state index in [1.165, 1.54) is 24.3 Å². The molecule has 0 spiro atoms. The molecule has 1 atom stereocenters. The maximum absolute atomic E-state index is 12.0. The minimum absolute atomic E-state index is 0.0342. The number of imidazole rings is 1. The molecule has 0 aliphatic carbocycles. The Labute approximate surface area is 115 Å². The minimum atomic E-state index is -0.497. The van der Waals surface area contributed by atoms with Crippen LogP contribution >= 0.6 is 0 Å². The molecule has 0 fully saturated rings. The number of nitro benzene ring substituents is 1. The Bertz CT molecular complexity index is 593. The molecule has 7 nitrogen and oxygen atoms in total. The molecule has 20 heavy (non-hydrogen) atoms. The number of aromatic nitrogens is 2. The van der Waals surface area contributed by atoms with Gasteiger partial charge in [0.05, 0.1) is 11.3 Å². The second-order valence-electron chi connectivity index (χ2n) is 4.44. The van der Waals surface area contributed by atoms with Crippen LogP contribution in [0.2, 0.25) is 0 Å². The molecule has 2 aromatic rings. The van der Waals surface area contributed by atoms with E-state index in [9.17, 15) is 14.9 Å². The number of nitrogens with zero attached hydrogens (tertiary/aromatic N) is 3. The van der Waals surface area contributed by atoms with Crippen molar-refractivity contribution in [2.45, 2.75) is 19.5 Å². The van der Waals surface area contributed by atoms with E-state index in [1.54, 1.807) is 12.5 Å². The summed E-state index contributed by atoms with van der Waals surface area (Å²) >= 11 is 0. The Kier molecular flexibility index (Phi) is 4.09. The lowest BCUT2D eigenvalue weighted by molar-refractivity contribution is -0.384. The van der Waals surface area contributed by atoms with E-state index in [1.807, 2.05) is 17.7 Å². The Morgan fingerprint density at radius 3 is 2.70 bits per heavy atom. The lowest BCUT2D eigenvalue weighted by Crippen LogP contribution is -2.35. The van der Waals surface area contributed by atoms with E-state index in [4.69, 9.17) is 0 Å². The molecule has 0 saturated carbocycles. The number of carbonyl (C=O) groups is 1. The number of rotatable bonds is 5. The van der Waals surface area contributed by atoms with E-state index in [0.717, 1.165) is 0 Å². The largest absolute Gasteiger partial charge is 0.348 e. The summed E-state index contributed by atoms with van der Waals surface area (Å²) in [5.41, 5.74) is 0.362. The van der Waals surface area contributed by atoms with Crippen LogP contribution in [-0.4, -0.2) is 26.4 Å². The molecule has 104 valence electrons. The first kappa shape index (κ1) is 13.7. The van der Waals surface area contributed by atoms with Gasteiger partial charge in [0.15, 0.2) is 0 Å². The van der Waals surface area contributed by atoms with E-state index in [0.29, 0.717) is 12.1 Å². The molecule has 0 unspecified atom stereocenters. The van der Waals surface area contributed by atoms with Crippen molar-refractivity contribution in [2.24, 2.45) is 0 Å². The van der Waals surface area contributed by atoms with E-state index >= 15 is 0 Å². The molecule has 0 aliphatic heterocycles. The fourth-order valence-electron chi connectivity index (χ4n) is 1.80. The highest BCUT2D eigenvalue weighted by atomic mass is 16.6. The summed E-state index contributed by atoms with van der Waals surface area (Å²) in [6.07, 6.45) is 5.16. The standard InChI is InChI=1S/C13H14N4O3/c1-10(8-16-7-6-14-9-16)15-13(18)11-2-4-12(5-3-11)17(19)20/h2-7,9-10H,8H2,1H3,(H,15,18)/t10-/m1/s1. The summed E-state index contributed by atoms with van der Waals surface area (Å²) < 4.78 is 1.86. The molecule has 0 aliphatic rings. The van der Waals surface area contributed by atoms with Gasteiger partial charge in [-0.15, -0.1) is 0 Å².